The molecule has 3 heteroatoms. The second kappa shape index (κ2) is 7.55. The summed E-state index contributed by atoms with van der Waals surface area (Å²) in [6.07, 6.45) is 1.55. The lowest BCUT2D eigenvalue weighted by Gasteiger charge is -2.17. The smallest absolute Gasteiger partial charge is 0.121 e. The van der Waals surface area contributed by atoms with Gasteiger partial charge in [0.05, 0.1) is 5.25 Å². The fourth-order valence-electron chi connectivity index (χ4n) is 2.13. The van der Waals surface area contributed by atoms with Crippen molar-refractivity contribution in [2.45, 2.75) is 37.2 Å². The lowest BCUT2D eigenvalue weighted by molar-refractivity contribution is 0.283. The minimum absolute atomic E-state index is 0.207. The molecular formula is C17H22O2S. The van der Waals surface area contributed by atoms with Crippen LogP contribution >= 0.6 is 11.8 Å². The van der Waals surface area contributed by atoms with Crippen molar-refractivity contribution in [1.29, 1.82) is 0 Å². The molecule has 0 saturated heterocycles. The highest BCUT2D eigenvalue weighted by atomic mass is 32.2. The molecule has 1 unspecified atom stereocenters. The molecule has 0 amide bonds. The Morgan fingerprint density at radius 2 is 1.85 bits per heavy atom. The molecule has 2 rings (SSSR count). The maximum absolute atomic E-state index is 8.89. The number of furan rings is 1. The molecule has 0 saturated carbocycles. The molecule has 20 heavy (non-hydrogen) atoms. The number of aliphatic hydroxyl groups is 1. The quantitative estimate of drug-likeness (QED) is 0.818. The average Bonchev–Trinajstić information content (AvgIpc) is 2.92. The van der Waals surface area contributed by atoms with Gasteiger partial charge in [-0.05, 0) is 24.1 Å². The number of benzene rings is 1. The third kappa shape index (κ3) is 4.15. The summed E-state index contributed by atoms with van der Waals surface area (Å²) in [7, 11) is 0. The molecule has 0 spiro atoms. The van der Waals surface area contributed by atoms with E-state index < -0.39 is 0 Å². The van der Waals surface area contributed by atoms with Gasteiger partial charge in [-0.1, -0.05) is 44.2 Å². The first kappa shape index (κ1) is 15.2. The van der Waals surface area contributed by atoms with E-state index in [-0.39, 0.29) is 11.9 Å². The van der Waals surface area contributed by atoms with Gasteiger partial charge in [0.25, 0.3) is 0 Å². The van der Waals surface area contributed by atoms with Gasteiger partial charge in [-0.2, -0.15) is 0 Å². The van der Waals surface area contributed by atoms with Crippen molar-refractivity contribution < 1.29 is 9.52 Å². The number of thioether (sulfide) groups is 1. The number of rotatable bonds is 7. The Balaban J connectivity index is 2.20. The number of hydrogen-bond acceptors (Lipinski definition) is 3. The summed E-state index contributed by atoms with van der Waals surface area (Å²) in [4.78, 5) is 0. The summed E-state index contributed by atoms with van der Waals surface area (Å²) in [6.45, 7) is 4.62. The van der Waals surface area contributed by atoms with Crippen molar-refractivity contribution >= 4 is 11.8 Å². The Morgan fingerprint density at radius 3 is 2.50 bits per heavy atom. The molecule has 108 valence electrons. The van der Waals surface area contributed by atoms with Crippen LogP contribution in [0.5, 0.6) is 0 Å². The van der Waals surface area contributed by atoms with Crippen molar-refractivity contribution in [2.24, 2.45) is 0 Å². The van der Waals surface area contributed by atoms with Crippen LogP contribution in [0.4, 0.5) is 0 Å². The summed E-state index contributed by atoms with van der Waals surface area (Å²) in [6, 6.07) is 14.6. The molecule has 1 heterocycles. The summed E-state index contributed by atoms with van der Waals surface area (Å²) in [5, 5.41) is 9.66. The molecule has 0 aliphatic carbocycles. The topological polar surface area (TPSA) is 33.4 Å². The van der Waals surface area contributed by atoms with Crippen molar-refractivity contribution in [2.75, 3.05) is 6.61 Å². The first-order valence-corrected chi connectivity index (χ1v) is 8.05. The number of hydrogen-bond donors (Lipinski definition) is 1. The fourth-order valence-corrected chi connectivity index (χ4v) is 3.25. The van der Waals surface area contributed by atoms with Crippen LogP contribution in [0.25, 0.3) is 0 Å². The zero-order chi connectivity index (χ0) is 14.4. The van der Waals surface area contributed by atoms with Crippen LogP contribution in [-0.2, 0) is 6.42 Å². The first-order valence-electron chi connectivity index (χ1n) is 7.10. The van der Waals surface area contributed by atoms with Crippen molar-refractivity contribution in [3.05, 3.63) is 59.5 Å². The van der Waals surface area contributed by atoms with Gasteiger partial charge >= 0.3 is 0 Å². The van der Waals surface area contributed by atoms with Gasteiger partial charge in [0.15, 0.2) is 0 Å². The number of aryl methyl sites for hydroxylation is 1. The van der Waals surface area contributed by atoms with Gasteiger partial charge in [0.1, 0.15) is 11.5 Å². The molecule has 0 radical (unpaired) electrons. The molecule has 0 bridgehead atoms. The molecule has 1 aromatic heterocycles. The fraction of sp³-hybridized carbons (Fsp3) is 0.412. The molecule has 1 atom stereocenters. The number of aliphatic hydroxyl groups excluding tert-OH is 1. The van der Waals surface area contributed by atoms with Gasteiger partial charge in [-0.15, -0.1) is 11.8 Å². The maximum Gasteiger partial charge on any atom is 0.121 e. The van der Waals surface area contributed by atoms with Gasteiger partial charge in [0.2, 0.25) is 0 Å². The molecule has 0 aliphatic heterocycles. The third-order valence-corrected chi connectivity index (χ3v) is 4.35. The second-order valence-electron chi connectivity index (χ2n) is 5.11. The Bertz CT molecular complexity index is 505. The molecule has 1 N–H and O–H groups in total. The Kier molecular flexibility index (Phi) is 5.74. The third-order valence-electron chi connectivity index (χ3n) is 3.03. The lowest BCUT2D eigenvalue weighted by Crippen LogP contribution is -2.00. The average molecular weight is 290 g/mol. The maximum atomic E-state index is 8.89. The molecular weight excluding hydrogens is 268 g/mol. The monoisotopic (exact) mass is 290 g/mol. The SMILES string of the molecule is CC(C)SC(c1ccccc1)c1ccc(CCCO)o1. The summed E-state index contributed by atoms with van der Waals surface area (Å²) in [5.41, 5.74) is 1.27. The Morgan fingerprint density at radius 1 is 1.10 bits per heavy atom. The van der Waals surface area contributed by atoms with E-state index in [4.69, 9.17) is 9.52 Å². The minimum atomic E-state index is 0.207. The van der Waals surface area contributed by atoms with Gasteiger partial charge in [-0.3, -0.25) is 0 Å². The van der Waals surface area contributed by atoms with Crippen LogP contribution in [-0.4, -0.2) is 17.0 Å². The van der Waals surface area contributed by atoms with Crippen molar-refractivity contribution in [3.8, 4) is 0 Å². The van der Waals surface area contributed by atoms with E-state index in [1.807, 2.05) is 23.9 Å². The van der Waals surface area contributed by atoms with Crippen LogP contribution < -0.4 is 0 Å². The molecule has 0 fully saturated rings. The highest BCUT2D eigenvalue weighted by Gasteiger charge is 2.19. The Hall–Kier alpha value is -1.19. The first-order chi connectivity index (χ1) is 9.70. The minimum Gasteiger partial charge on any atom is -0.465 e. The highest BCUT2D eigenvalue weighted by molar-refractivity contribution is 8.00. The largest absolute Gasteiger partial charge is 0.465 e. The summed E-state index contributed by atoms with van der Waals surface area (Å²) >= 11 is 1.90. The summed E-state index contributed by atoms with van der Waals surface area (Å²) in [5.74, 6) is 1.96. The van der Waals surface area contributed by atoms with E-state index in [2.05, 4.69) is 44.2 Å². The predicted molar refractivity (Wildman–Crippen MR) is 85.1 cm³/mol. The van der Waals surface area contributed by atoms with Crippen molar-refractivity contribution in [3.63, 3.8) is 0 Å². The lowest BCUT2D eigenvalue weighted by atomic mass is 10.1. The van der Waals surface area contributed by atoms with E-state index in [0.29, 0.717) is 5.25 Å². The van der Waals surface area contributed by atoms with E-state index in [0.717, 1.165) is 24.4 Å². The molecule has 2 aromatic rings. The highest BCUT2D eigenvalue weighted by Crippen LogP contribution is 2.38. The van der Waals surface area contributed by atoms with Crippen LogP contribution in [0.1, 0.15) is 42.6 Å². The van der Waals surface area contributed by atoms with Crippen molar-refractivity contribution in [1.82, 2.24) is 0 Å². The molecule has 1 aromatic carbocycles. The van der Waals surface area contributed by atoms with Gasteiger partial charge < -0.3 is 9.52 Å². The normalized spacial score (nSPS) is 12.8. The molecule has 2 nitrogen and oxygen atoms in total. The van der Waals surface area contributed by atoms with E-state index in [9.17, 15) is 0 Å². The van der Waals surface area contributed by atoms with Crippen LogP contribution in [0, 0.1) is 0 Å². The zero-order valence-electron chi connectivity index (χ0n) is 12.1. The predicted octanol–water partition coefficient (Wildman–Crippen LogP) is 4.44. The van der Waals surface area contributed by atoms with Crippen LogP contribution in [0.15, 0.2) is 46.9 Å². The summed E-state index contributed by atoms with van der Waals surface area (Å²) < 4.78 is 5.97. The zero-order valence-corrected chi connectivity index (χ0v) is 12.9. The van der Waals surface area contributed by atoms with Crippen LogP contribution in [0.3, 0.4) is 0 Å². The van der Waals surface area contributed by atoms with Gasteiger partial charge in [0, 0.05) is 18.3 Å². The van der Waals surface area contributed by atoms with Crippen LogP contribution in [0.2, 0.25) is 0 Å². The molecule has 0 aliphatic rings. The van der Waals surface area contributed by atoms with Gasteiger partial charge in [-0.25, -0.2) is 0 Å². The van der Waals surface area contributed by atoms with E-state index in [1.54, 1.807) is 0 Å². The van der Waals surface area contributed by atoms with E-state index in [1.165, 1.54) is 5.56 Å². The van der Waals surface area contributed by atoms with E-state index >= 15 is 0 Å². The Labute approximate surface area is 125 Å². The standard InChI is InChI=1S/C17H22O2S/c1-13(2)20-17(14-7-4-3-5-8-14)16-11-10-15(19-16)9-6-12-18/h3-5,7-8,10-11,13,17-18H,6,9,12H2,1-2H3. The second-order valence-corrected chi connectivity index (χ2v) is 6.79.